The van der Waals surface area contributed by atoms with E-state index < -0.39 is 16.0 Å². The van der Waals surface area contributed by atoms with E-state index in [1.165, 1.54) is 6.82 Å². The molecule has 3 nitrogen and oxygen atoms in total. The average molecular weight is 184 g/mol. The van der Waals surface area contributed by atoms with Gasteiger partial charge in [0.15, 0.2) is 0 Å². The fourth-order valence-electron chi connectivity index (χ4n) is 0.896. The first-order valence-electron chi connectivity index (χ1n) is 3.53. The van der Waals surface area contributed by atoms with E-state index in [4.69, 9.17) is 4.55 Å². The van der Waals surface area contributed by atoms with Crippen LogP contribution in [0.4, 0.5) is 0 Å². The molecular formula is C7H9BO3S. The number of hydrogen-bond acceptors (Lipinski definition) is 2. The molecule has 0 aliphatic rings. The molecule has 0 amide bonds. The summed E-state index contributed by atoms with van der Waals surface area (Å²) in [6.45, 7) is 1.45. The van der Waals surface area contributed by atoms with Crippen LogP contribution in [-0.2, 0) is 9.97 Å². The lowest BCUT2D eigenvalue weighted by atomic mass is 9.71. The summed E-state index contributed by atoms with van der Waals surface area (Å²) in [6.07, 6.45) is 0. The van der Waals surface area contributed by atoms with Crippen LogP contribution in [0.2, 0.25) is 6.82 Å². The monoisotopic (exact) mass is 184 g/mol. The van der Waals surface area contributed by atoms with Gasteiger partial charge in [-0.15, -0.1) is 0 Å². The third-order valence-electron chi connectivity index (χ3n) is 1.72. The maximum Gasteiger partial charge on any atom is 0.355 e. The van der Waals surface area contributed by atoms with Crippen molar-refractivity contribution >= 4 is 21.4 Å². The van der Waals surface area contributed by atoms with Gasteiger partial charge in [0.05, 0.1) is 0 Å². The van der Waals surface area contributed by atoms with Crippen molar-refractivity contribution in [2.45, 2.75) is 6.82 Å². The van der Waals surface area contributed by atoms with Crippen molar-refractivity contribution < 1.29 is 13.0 Å². The summed E-state index contributed by atoms with van der Waals surface area (Å²) in [5, 5.41) is 0. The molecule has 0 saturated heterocycles. The van der Waals surface area contributed by atoms with Crippen molar-refractivity contribution in [3.8, 4) is 0 Å². The van der Waals surface area contributed by atoms with Crippen LogP contribution in [0, 0.1) is 0 Å². The fourth-order valence-corrected chi connectivity index (χ4v) is 1.40. The molecule has 0 atom stereocenters. The van der Waals surface area contributed by atoms with Crippen molar-refractivity contribution in [1.29, 1.82) is 0 Å². The minimum absolute atomic E-state index is 0.597. The summed E-state index contributed by atoms with van der Waals surface area (Å²) >= 11 is 0. The lowest BCUT2D eigenvalue weighted by Crippen LogP contribution is -2.35. The standard InChI is InChI=1S/C7H9BO3S/c1-8(12(9,10)11)7-5-3-2-4-6-7/h2-6H,1H3,(H,9,10,11). The second kappa shape index (κ2) is 3.29. The summed E-state index contributed by atoms with van der Waals surface area (Å²) in [6, 6.07) is 8.59. The highest BCUT2D eigenvalue weighted by molar-refractivity contribution is 8.15. The van der Waals surface area contributed by atoms with E-state index in [2.05, 4.69) is 0 Å². The fraction of sp³-hybridized carbons (Fsp3) is 0.143. The van der Waals surface area contributed by atoms with Crippen molar-refractivity contribution in [3.05, 3.63) is 30.3 Å². The molecule has 0 fully saturated rings. The Balaban J connectivity index is 3.02. The molecular weight excluding hydrogens is 175 g/mol. The lowest BCUT2D eigenvalue weighted by Gasteiger charge is -2.02. The summed E-state index contributed by atoms with van der Waals surface area (Å²) in [7, 11) is -3.96. The zero-order chi connectivity index (χ0) is 9.19. The van der Waals surface area contributed by atoms with Crippen LogP contribution in [0.25, 0.3) is 0 Å². The van der Waals surface area contributed by atoms with Crippen LogP contribution in [-0.4, -0.2) is 19.0 Å². The Morgan fingerprint density at radius 2 is 1.75 bits per heavy atom. The van der Waals surface area contributed by atoms with E-state index in [0.717, 1.165) is 0 Å². The smallest absolute Gasteiger partial charge is 0.294 e. The van der Waals surface area contributed by atoms with E-state index in [0.29, 0.717) is 5.46 Å². The second-order valence-corrected chi connectivity index (χ2v) is 4.30. The molecule has 1 rings (SSSR count). The normalized spacial score (nSPS) is 11.2. The molecule has 1 aromatic carbocycles. The molecule has 0 spiro atoms. The van der Waals surface area contributed by atoms with Gasteiger partial charge in [-0.1, -0.05) is 42.6 Å². The first-order valence-corrected chi connectivity index (χ1v) is 5.03. The van der Waals surface area contributed by atoms with Gasteiger partial charge in [-0.25, -0.2) is 8.42 Å². The van der Waals surface area contributed by atoms with E-state index in [9.17, 15) is 8.42 Å². The summed E-state index contributed by atoms with van der Waals surface area (Å²) < 4.78 is 30.1. The van der Waals surface area contributed by atoms with Gasteiger partial charge in [-0.2, -0.15) is 0 Å². The highest BCUT2D eigenvalue weighted by atomic mass is 32.2. The molecule has 5 heteroatoms. The van der Waals surface area contributed by atoms with Crippen molar-refractivity contribution in [2.24, 2.45) is 0 Å². The lowest BCUT2D eigenvalue weighted by molar-refractivity contribution is 0.500. The predicted octanol–water partition coefficient (Wildman–Crippen LogP) is 0.403. The topological polar surface area (TPSA) is 54.4 Å². The maximum absolute atomic E-state index is 10.7. The third kappa shape index (κ3) is 2.09. The van der Waals surface area contributed by atoms with Gasteiger partial charge in [0, 0.05) is 0 Å². The van der Waals surface area contributed by atoms with Crippen LogP contribution < -0.4 is 5.46 Å². The summed E-state index contributed by atoms with van der Waals surface area (Å²) in [4.78, 5) is 0. The number of hydrogen-bond donors (Lipinski definition) is 1. The molecule has 0 radical (unpaired) electrons. The zero-order valence-corrected chi connectivity index (χ0v) is 7.45. The Morgan fingerprint density at radius 1 is 1.25 bits per heavy atom. The maximum atomic E-state index is 10.7. The average Bonchev–Trinajstić information content (AvgIpc) is 2.03. The molecule has 64 valence electrons. The predicted molar refractivity (Wildman–Crippen MR) is 49.2 cm³/mol. The Hall–Kier alpha value is -0.805. The molecule has 0 saturated carbocycles. The van der Waals surface area contributed by atoms with Gasteiger partial charge in [-0.3, -0.25) is 4.55 Å². The van der Waals surface area contributed by atoms with Crippen molar-refractivity contribution in [3.63, 3.8) is 0 Å². The number of rotatable bonds is 2. The van der Waals surface area contributed by atoms with Crippen LogP contribution >= 0.6 is 0 Å². The van der Waals surface area contributed by atoms with E-state index in [1.807, 2.05) is 0 Å². The molecule has 0 aliphatic carbocycles. The van der Waals surface area contributed by atoms with Crippen LogP contribution in [0.3, 0.4) is 0 Å². The SMILES string of the molecule is CB(c1ccccc1)S(=O)(=O)O. The molecule has 1 aromatic rings. The summed E-state index contributed by atoms with van der Waals surface area (Å²) in [5.41, 5.74) is 0.597. The molecule has 0 bridgehead atoms. The Morgan fingerprint density at radius 3 is 2.17 bits per heavy atom. The van der Waals surface area contributed by atoms with Gasteiger partial charge < -0.3 is 0 Å². The summed E-state index contributed by atoms with van der Waals surface area (Å²) in [5.74, 6) is -0.848. The van der Waals surface area contributed by atoms with E-state index >= 15 is 0 Å². The van der Waals surface area contributed by atoms with E-state index in [-0.39, 0.29) is 0 Å². The molecule has 1 N–H and O–H groups in total. The van der Waals surface area contributed by atoms with E-state index in [1.54, 1.807) is 30.3 Å². The highest BCUT2D eigenvalue weighted by Gasteiger charge is 2.24. The molecule has 12 heavy (non-hydrogen) atoms. The Kier molecular flexibility index (Phi) is 2.54. The minimum atomic E-state index is -3.96. The van der Waals surface area contributed by atoms with Gasteiger partial charge in [0.25, 0.3) is 0 Å². The van der Waals surface area contributed by atoms with Crippen molar-refractivity contribution in [1.82, 2.24) is 0 Å². The van der Waals surface area contributed by atoms with Crippen molar-refractivity contribution in [2.75, 3.05) is 0 Å². The minimum Gasteiger partial charge on any atom is -0.294 e. The Labute approximate surface area is 72.1 Å². The van der Waals surface area contributed by atoms with Gasteiger partial charge in [0.2, 0.25) is 9.97 Å². The first kappa shape index (κ1) is 9.28. The molecule has 0 aliphatic heterocycles. The molecule has 0 heterocycles. The Bertz CT molecular complexity index is 346. The number of benzene rings is 1. The largest absolute Gasteiger partial charge is 0.355 e. The second-order valence-electron chi connectivity index (χ2n) is 2.57. The van der Waals surface area contributed by atoms with Crippen LogP contribution in [0.5, 0.6) is 0 Å². The van der Waals surface area contributed by atoms with Gasteiger partial charge in [-0.05, 0) is 0 Å². The van der Waals surface area contributed by atoms with Gasteiger partial charge >= 0.3 is 5.99 Å². The quantitative estimate of drug-likeness (QED) is 0.534. The molecule has 0 aromatic heterocycles. The first-order chi connectivity index (χ1) is 5.52. The third-order valence-corrected chi connectivity index (χ3v) is 2.88. The highest BCUT2D eigenvalue weighted by Crippen LogP contribution is 1.94. The van der Waals surface area contributed by atoms with Gasteiger partial charge in [0.1, 0.15) is 0 Å². The molecule has 0 unspecified atom stereocenters. The zero-order valence-electron chi connectivity index (χ0n) is 6.64. The van der Waals surface area contributed by atoms with Crippen LogP contribution in [0.15, 0.2) is 30.3 Å². The van der Waals surface area contributed by atoms with Crippen LogP contribution in [0.1, 0.15) is 0 Å².